The molecule has 8 nitrogen and oxygen atoms in total. The molecular weight excluding hydrogens is 420 g/mol. The van der Waals surface area contributed by atoms with Crippen LogP contribution in [0.5, 0.6) is 23.0 Å². The third-order valence-corrected chi connectivity index (χ3v) is 5.72. The number of methoxy groups -OCH3 is 3. The van der Waals surface area contributed by atoms with Gasteiger partial charge < -0.3 is 23.7 Å². The molecule has 0 bridgehead atoms. The molecule has 0 aromatic heterocycles. The number of hydrogen-bond donors (Lipinski definition) is 0. The lowest BCUT2D eigenvalue weighted by Crippen LogP contribution is -2.32. The molecule has 162 valence electrons. The summed E-state index contributed by atoms with van der Waals surface area (Å²) in [5, 5.41) is 0.582. The van der Waals surface area contributed by atoms with Crippen molar-refractivity contribution in [3.8, 4) is 23.0 Å². The highest BCUT2D eigenvalue weighted by molar-refractivity contribution is 8.18. The van der Waals surface area contributed by atoms with Crippen molar-refractivity contribution in [1.82, 2.24) is 4.90 Å². The number of thioether (sulfide) groups is 1. The van der Waals surface area contributed by atoms with E-state index in [-0.39, 0.29) is 12.7 Å². The van der Waals surface area contributed by atoms with Gasteiger partial charge in [-0.05, 0) is 48.2 Å². The Morgan fingerprint density at radius 1 is 1.10 bits per heavy atom. The van der Waals surface area contributed by atoms with Crippen LogP contribution in [-0.4, -0.2) is 57.2 Å². The number of fused-ring (bicyclic) bond motifs is 1. The van der Waals surface area contributed by atoms with Crippen LogP contribution in [0, 0.1) is 0 Å². The predicted octanol–water partition coefficient (Wildman–Crippen LogP) is 3.68. The number of aliphatic imine (C=N–C) groups is 1. The first-order chi connectivity index (χ1) is 15.1. The topological polar surface area (TPSA) is 78.8 Å². The van der Waals surface area contributed by atoms with E-state index in [0.717, 1.165) is 17.0 Å². The highest BCUT2D eigenvalue weighted by Crippen LogP contribution is 2.41. The van der Waals surface area contributed by atoms with E-state index in [0.29, 0.717) is 40.5 Å². The molecule has 2 aliphatic heterocycles. The summed E-state index contributed by atoms with van der Waals surface area (Å²) < 4.78 is 26.7. The highest BCUT2D eigenvalue weighted by Gasteiger charge is 2.33. The van der Waals surface area contributed by atoms with Crippen molar-refractivity contribution >= 4 is 34.6 Å². The minimum absolute atomic E-state index is 0.144. The van der Waals surface area contributed by atoms with Crippen molar-refractivity contribution in [2.75, 3.05) is 41.3 Å². The molecular formula is C22H22N2O6S. The van der Waals surface area contributed by atoms with Crippen LogP contribution in [0.2, 0.25) is 0 Å². The van der Waals surface area contributed by atoms with E-state index in [4.69, 9.17) is 23.7 Å². The van der Waals surface area contributed by atoms with Gasteiger partial charge in [-0.3, -0.25) is 9.69 Å². The molecule has 1 amide bonds. The molecule has 0 radical (unpaired) electrons. The van der Waals surface area contributed by atoms with Crippen LogP contribution in [-0.2, 0) is 9.53 Å². The Morgan fingerprint density at radius 2 is 1.84 bits per heavy atom. The number of amidine groups is 1. The van der Waals surface area contributed by atoms with Gasteiger partial charge in [-0.2, -0.15) is 0 Å². The van der Waals surface area contributed by atoms with Crippen LogP contribution in [0.3, 0.4) is 0 Å². The number of amides is 1. The summed E-state index contributed by atoms with van der Waals surface area (Å²) in [5.74, 6) is 2.42. The van der Waals surface area contributed by atoms with E-state index in [2.05, 4.69) is 4.99 Å². The van der Waals surface area contributed by atoms with Gasteiger partial charge in [0.2, 0.25) is 6.79 Å². The number of carbonyl (C=O) groups excluding carboxylic acids is 1. The zero-order valence-electron chi connectivity index (χ0n) is 17.4. The van der Waals surface area contributed by atoms with E-state index >= 15 is 0 Å². The molecule has 2 aromatic rings. The van der Waals surface area contributed by atoms with Crippen LogP contribution < -0.4 is 18.9 Å². The van der Waals surface area contributed by atoms with E-state index in [9.17, 15) is 4.79 Å². The Labute approximate surface area is 184 Å². The van der Waals surface area contributed by atoms with Gasteiger partial charge in [-0.25, -0.2) is 4.99 Å². The van der Waals surface area contributed by atoms with E-state index < -0.39 is 0 Å². The first-order valence-electron chi connectivity index (χ1n) is 9.53. The fourth-order valence-corrected chi connectivity index (χ4v) is 4.12. The van der Waals surface area contributed by atoms with Crippen LogP contribution in [0.15, 0.2) is 46.3 Å². The van der Waals surface area contributed by atoms with E-state index in [1.807, 2.05) is 24.3 Å². The monoisotopic (exact) mass is 442 g/mol. The molecule has 1 saturated heterocycles. The summed E-state index contributed by atoms with van der Waals surface area (Å²) in [6.07, 6.45) is 1.78. The smallest absolute Gasteiger partial charge is 0.266 e. The number of hydrogen-bond acceptors (Lipinski definition) is 8. The standard InChI is InChI=1S/C22H22N2O6S/c1-26-9-8-24-21(25)20(31-22(24)23-15-4-6-16(27-2)7-5-15)11-14-10-18-19(30-13-29-18)12-17(14)28-3/h4-7,10-12H,8-9,13H2,1-3H3/b20-11-,23-22?. The molecule has 1 fully saturated rings. The van der Waals surface area contributed by atoms with Crippen LogP contribution in [0.25, 0.3) is 6.08 Å². The molecule has 0 unspecified atom stereocenters. The maximum absolute atomic E-state index is 13.1. The highest BCUT2D eigenvalue weighted by atomic mass is 32.2. The molecule has 0 aliphatic carbocycles. The molecule has 2 aromatic carbocycles. The minimum Gasteiger partial charge on any atom is -0.497 e. The average Bonchev–Trinajstić information content (AvgIpc) is 3.36. The van der Waals surface area contributed by atoms with Gasteiger partial charge in [-0.15, -0.1) is 0 Å². The SMILES string of the molecule is COCCN1C(=O)/C(=C/c2cc3c(cc2OC)OCO3)SC1=Nc1ccc(OC)cc1. The third-order valence-electron chi connectivity index (χ3n) is 4.72. The van der Waals surface area contributed by atoms with E-state index in [1.54, 1.807) is 44.4 Å². The predicted molar refractivity (Wildman–Crippen MR) is 118 cm³/mol. The van der Waals surface area contributed by atoms with Crippen LogP contribution in [0.4, 0.5) is 5.69 Å². The summed E-state index contributed by atoms with van der Waals surface area (Å²) in [6.45, 7) is 0.956. The maximum atomic E-state index is 13.1. The van der Waals surface area contributed by atoms with Gasteiger partial charge >= 0.3 is 0 Å². The molecule has 0 saturated carbocycles. The second kappa shape index (κ2) is 9.32. The molecule has 0 spiro atoms. The second-order valence-corrected chi connectivity index (χ2v) is 7.61. The van der Waals surface area contributed by atoms with Crippen molar-refractivity contribution in [2.24, 2.45) is 4.99 Å². The quantitative estimate of drug-likeness (QED) is 0.605. The molecule has 9 heteroatoms. The molecule has 2 aliphatic rings. The largest absolute Gasteiger partial charge is 0.497 e. The lowest BCUT2D eigenvalue weighted by molar-refractivity contribution is -0.122. The number of nitrogens with zero attached hydrogens (tertiary/aromatic N) is 2. The summed E-state index contributed by atoms with van der Waals surface area (Å²) in [5.41, 5.74) is 1.44. The molecule has 0 N–H and O–H groups in total. The van der Waals surface area contributed by atoms with Gasteiger partial charge in [-0.1, -0.05) is 0 Å². The van der Waals surface area contributed by atoms with Crippen LogP contribution >= 0.6 is 11.8 Å². The Hall–Kier alpha value is -3.17. The normalized spacial score (nSPS) is 17.6. The van der Waals surface area contributed by atoms with Crippen molar-refractivity contribution in [1.29, 1.82) is 0 Å². The summed E-state index contributed by atoms with van der Waals surface area (Å²) in [7, 11) is 4.78. The lowest BCUT2D eigenvalue weighted by atomic mass is 10.1. The minimum atomic E-state index is -0.144. The number of carbonyl (C=O) groups is 1. The van der Waals surface area contributed by atoms with Gasteiger partial charge in [0.25, 0.3) is 5.91 Å². The first-order valence-corrected chi connectivity index (χ1v) is 10.4. The van der Waals surface area contributed by atoms with Crippen molar-refractivity contribution in [2.45, 2.75) is 0 Å². The second-order valence-electron chi connectivity index (χ2n) is 6.60. The molecule has 4 rings (SSSR count). The molecule has 2 heterocycles. The fraction of sp³-hybridized carbons (Fsp3) is 0.273. The van der Waals surface area contributed by atoms with Gasteiger partial charge in [0, 0.05) is 18.7 Å². The van der Waals surface area contributed by atoms with Crippen molar-refractivity contribution < 1.29 is 28.5 Å². The van der Waals surface area contributed by atoms with Crippen molar-refractivity contribution in [3.63, 3.8) is 0 Å². The molecule has 0 atom stereocenters. The summed E-state index contributed by atoms with van der Waals surface area (Å²) in [4.78, 5) is 19.9. The number of benzene rings is 2. The first kappa shape index (κ1) is 21.1. The maximum Gasteiger partial charge on any atom is 0.266 e. The summed E-state index contributed by atoms with van der Waals surface area (Å²) >= 11 is 1.30. The van der Waals surface area contributed by atoms with Gasteiger partial charge in [0.1, 0.15) is 11.5 Å². The Bertz CT molecular complexity index is 1040. The third kappa shape index (κ3) is 4.47. The Morgan fingerprint density at radius 3 is 2.52 bits per heavy atom. The Balaban J connectivity index is 1.67. The zero-order valence-corrected chi connectivity index (χ0v) is 18.2. The van der Waals surface area contributed by atoms with Gasteiger partial charge in [0.15, 0.2) is 16.7 Å². The summed E-state index contributed by atoms with van der Waals surface area (Å²) in [6, 6.07) is 10.9. The van der Waals surface area contributed by atoms with Gasteiger partial charge in [0.05, 0.1) is 38.0 Å². The average molecular weight is 442 g/mol. The van der Waals surface area contributed by atoms with Crippen molar-refractivity contribution in [3.05, 3.63) is 46.9 Å². The van der Waals surface area contributed by atoms with E-state index in [1.165, 1.54) is 11.8 Å². The Kier molecular flexibility index (Phi) is 6.34. The fourth-order valence-electron chi connectivity index (χ4n) is 3.11. The number of rotatable bonds is 7. The number of ether oxygens (including phenoxy) is 5. The zero-order chi connectivity index (χ0) is 21.8. The van der Waals surface area contributed by atoms with Crippen LogP contribution in [0.1, 0.15) is 5.56 Å². The lowest BCUT2D eigenvalue weighted by Gasteiger charge is -2.14. The molecule has 31 heavy (non-hydrogen) atoms.